The van der Waals surface area contributed by atoms with E-state index in [9.17, 15) is 4.79 Å². The Morgan fingerprint density at radius 2 is 2.07 bits per heavy atom. The van der Waals surface area contributed by atoms with E-state index in [0.717, 1.165) is 46.5 Å². The first kappa shape index (κ1) is 19.3. The molecule has 0 amide bonds. The van der Waals surface area contributed by atoms with Gasteiger partial charge >= 0.3 is 0 Å². The summed E-state index contributed by atoms with van der Waals surface area (Å²) in [5.41, 5.74) is 2.50. The van der Waals surface area contributed by atoms with Gasteiger partial charge in [0.25, 0.3) is 5.56 Å². The van der Waals surface area contributed by atoms with Crippen molar-refractivity contribution in [1.82, 2.24) is 14.9 Å². The largest absolute Gasteiger partial charge is 0.311 e. The third-order valence-electron chi connectivity index (χ3n) is 6.39. The minimum Gasteiger partial charge on any atom is -0.311 e. The van der Waals surface area contributed by atoms with Crippen molar-refractivity contribution < 1.29 is 0 Å². The molecule has 1 atom stereocenters. The van der Waals surface area contributed by atoms with Crippen molar-refractivity contribution in [2.24, 2.45) is 0 Å². The predicted molar refractivity (Wildman–Crippen MR) is 120 cm³/mol. The van der Waals surface area contributed by atoms with E-state index in [0.29, 0.717) is 18.6 Å². The second-order valence-corrected chi connectivity index (χ2v) is 9.91. The van der Waals surface area contributed by atoms with E-state index in [-0.39, 0.29) is 5.56 Å². The normalized spacial score (nSPS) is 19.7. The van der Waals surface area contributed by atoms with Gasteiger partial charge in [-0.3, -0.25) is 9.36 Å². The summed E-state index contributed by atoms with van der Waals surface area (Å²) in [5.74, 6) is 0. The summed E-state index contributed by atoms with van der Waals surface area (Å²) in [6, 6.07) is 9.07. The second kappa shape index (κ2) is 8.21. The van der Waals surface area contributed by atoms with Gasteiger partial charge in [0.05, 0.1) is 11.7 Å². The molecule has 0 spiro atoms. The van der Waals surface area contributed by atoms with E-state index in [2.05, 4.69) is 10.3 Å². The molecule has 2 aromatic heterocycles. The van der Waals surface area contributed by atoms with Crippen LogP contribution in [0.5, 0.6) is 0 Å². The van der Waals surface area contributed by atoms with Crippen molar-refractivity contribution in [1.29, 1.82) is 0 Å². The molecule has 1 fully saturated rings. The average Bonchev–Trinajstić information content (AvgIpc) is 3.35. The van der Waals surface area contributed by atoms with Gasteiger partial charge in [-0.1, -0.05) is 36.6 Å². The summed E-state index contributed by atoms with van der Waals surface area (Å²) in [5, 5.41) is 5.46. The van der Waals surface area contributed by atoms with E-state index in [4.69, 9.17) is 11.6 Å². The summed E-state index contributed by atoms with van der Waals surface area (Å²) >= 11 is 7.80. The summed E-state index contributed by atoms with van der Waals surface area (Å²) in [6.45, 7) is 0.624. The van der Waals surface area contributed by atoms with Crippen LogP contribution in [0.2, 0.25) is 5.02 Å². The minimum atomic E-state index is 0.108. The van der Waals surface area contributed by atoms with Crippen molar-refractivity contribution in [3.63, 3.8) is 0 Å². The molecule has 0 radical (unpaired) electrons. The van der Waals surface area contributed by atoms with Crippen LogP contribution in [-0.2, 0) is 25.8 Å². The molecule has 1 unspecified atom stereocenters. The molecule has 2 aliphatic carbocycles. The fourth-order valence-corrected chi connectivity index (χ4v) is 6.34. The SMILES string of the molecule is O=c1c2c3c(sc2ncn1CCc1cccc(Cl)c1)CC(NC1CCCC1)CC3. The lowest BCUT2D eigenvalue weighted by molar-refractivity contribution is 0.399. The van der Waals surface area contributed by atoms with Crippen molar-refractivity contribution in [3.05, 3.63) is 62.0 Å². The van der Waals surface area contributed by atoms with Crippen LogP contribution in [0, 0.1) is 0 Å². The van der Waals surface area contributed by atoms with Gasteiger partial charge in [0.1, 0.15) is 4.83 Å². The van der Waals surface area contributed by atoms with E-state index >= 15 is 0 Å². The smallest absolute Gasteiger partial charge is 0.262 e. The maximum Gasteiger partial charge on any atom is 0.262 e. The van der Waals surface area contributed by atoms with E-state index < -0.39 is 0 Å². The number of thiophene rings is 1. The molecule has 1 saturated carbocycles. The molecular formula is C23H26ClN3OS. The number of rotatable bonds is 5. The Labute approximate surface area is 179 Å². The third kappa shape index (κ3) is 4.00. The minimum absolute atomic E-state index is 0.108. The Kier molecular flexibility index (Phi) is 5.46. The number of fused-ring (bicyclic) bond motifs is 3. The number of hydrogen-bond acceptors (Lipinski definition) is 4. The van der Waals surface area contributed by atoms with Crippen molar-refractivity contribution in [2.45, 2.75) is 70.0 Å². The quantitative estimate of drug-likeness (QED) is 0.639. The molecule has 0 aliphatic heterocycles. The maximum absolute atomic E-state index is 13.2. The van der Waals surface area contributed by atoms with Crippen molar-refractivity contribution in [3.8, 4) is 0 Å². The lowest BCUT2D eigenvalue weighted by Gasteiger charge is -2.26. The van der Waals surface area contributed by atoms with Crippen LogP contribution < -0.4 is 10.9 Å². The van der Waals surface area contributed by atoms with Gasteiger partial charge in [-0.2, -0.15) is 0 Å². The van der Waals surface area contributed by atoms with Crippen LogP contribution in [0.1, 0.15) is 48.1 Å². The van der Waals surface area contributed by atoms with E-state index in [1.54, 1.807) is 22.2 Å². The highest BCUT2D eigenvalue weighted by Crippen LogP contribution is 2.34. The second-order valence-electron chi connectivity index (χ2n) is 8.39. The fraction of sp³-hybridized carbons (Fsp3) is 0.478. The zero-order valence-corrected chi connectivity index (χ0v) is 18.1. The van der Waals surface area contributed by atoms with Crippen LogP contribution in [0.4, 0.5) is 0 Å². The number of hydrogen-bond donors (Lipinski definition) is 1. The average molecular weight is 428 g/mol. The van der Waals surface area contributed by atoms with Crippen molar-refractivity contribution >= 4 is 33.2 Å². The Hall–Kier alpha value is -1.69. The zero-order valence-electron chi connectivity index (χ0n) is 16.5. The summed E-state index contributed by atoms with van der Waals surface area (Å²) < 4.78 is 1.76. The van der Waals surface area contributed by atoms with E-state index in [1.807, 2.05) is 24.3 Å². The first-order valence-corrected chi connectivity index (χ1v) is 11.9. The predicted octanol–water partition coefficient (Wildman–Crippen LogP) is 4.74. The molecule has 3 aromatic rings. The standard InChI is InChI=1S/C23H26ClN3OS/c24-16-5-3-4-15(12-16)10-11-27-14-25-22-21(23(27)28)19-9-8-18(13-20(19)29-22)26-17-6-1-2-7-17/h3-5,12,14,17-18,26H,1-2,6-11,13H2. The molecule has 0 saturated heterocycles. The number of aromatic nitrogens is 2. The number of aryl methyl sites for hydroxylation is 3. The number of benzene rings is 1. The first-order valence-electron chi connectivity index (χ1n) is 10.7. The highest BCUT2D eigenvalue weighted by molar-refractivity contribution is 7.18. The van der Waals surface area contributed by atoms with Gasteiger partial charge in [0.15, 0.2) is 0 Å². The molecule has 152 valence electrons. The third-order valence-corrected chi connectivity index (χ3v) is 7.79. The van der Waals surface area contributed by atoms with Gasteiger partial charge in [-0.25, -0.2) is 4.98 Å². The van der Waals surface area contributed by atoms with Crippen LogP contribution >= 0.6 is 22.9 Å². The zero-order chi connectivity index (χ0) is 19.8. The monoisotopic (exact) mass is 427 g/mol. The number of nitrogens with one attached hydrogen (secondary N) is 1. The topological polar surface area (TPSA) is 46.9 Å². The summed E-state index contributed by atoms with van der Waals surface area (Å²) in [6.07, 6.45) is 11.0. The van der Waals surface area contributed by atoms with Crippen molar-refractivity contribution in [2.75, 3.05) is 0 Å². The Bertz CT molecular complexity index is 1080. The maximum atomic E-state index is 13.2. The molecule has 2 aliphatic rings. The number of halogens is 1. The van der Waals surface area contributed by atoms with Crippen LogP contribution in [-0.4, -0.2) is 21.6 Å². The highest BCUT2D eigenvalue weighted by Gasteiger charge is 2.27. The molecule has 4 nitrogen and oxygen atoms in total. The van der Waals surface area contributed by atoms with Crippen LogP contribution in [0.25, 0.3) is 10.2 Å². The van der Waals surface area contributed by atoms with Crippen LogP contribution in [0.3, 0.4) is 0 Å². The number of nitrogens with zero attached hydrogens (tertiary/aromatic N) is 2. The van der Waals surface area contributed by atoms with E-state index in [1.165, 1.54) is 36.1 Å². The van der Waals surface area contributed by atoms with Gasteiger partial charge in [-0.05, 0) is 61.8 Å². The van der Waals surface area contributed by atoms with Gasteiger partial charge in [0, 0.05) is 28.5 Å². The highest BCUT2D eigenvalue weighted by atomic mass is 35.5. The molecular weight excluding hydrogens is 402 g/mol. The molecule has 29 heavy (non-hydrogen) atoms. The Balaban J connectivity index is 1.36. The Morgan fingerprint density at radius 1 is 1.21 bits per heavy atom. The van der Waals surface area contributed by atoms with Gasteiger partial charge in [0.2, 0.25) is 0 Å². The first-order chi connectivity index (χ1) is 14.2. The summed E-state index contributed by atoms with van der Waals surface area (Å²) in [7, 11) is 0. The molecule has 6 heteroatoms. The van der Waals surface area contributed by atoms with Gasteiger partial charge in [-0.15, -0.1) is 11.3 Å². The van der Waals surface area contributed by atoms with Gasteiger partial charge < -0.3 is 5.32 Å². The molecule has 1 aromatic carbocycles. The van der Waals surface area contributed by atoms with Crippen LogP contribution in [0.15, 0.2) is 35.4 Å². The molecule has 0 bridgehead atoms. The molecule has 1 N–H and O–H groups in total. The summed E-state index contributed by atoms with van der Waals surface area (Å²) in [4.78, 5) is 20.1. The Morgan fingerprint density at radius 3 is 2.90 bits per heavy atom. The molecule has 5 rings (SSSR count). The lowest BCUT2D eigenvalue weighted by atomic mass is 9.92. The molecule has 2 heterocycles. The fourth-order valence-electron chi connectivity index (χ4n) is 4.87. The lowest BCUT2D eigenvalue weighted by Crippen LogP contribution is -2.40.